The molecule has 0 N–H and O–H groups in total. The summed E-state index contributed by atoms with van der Waals surface area (Å²) in [6.07, 6.45) is 14.5. The Morgan fingerprint density at radius 2 is 1.52 bits per heavy atom. The van der Waals surface area contributed by atoms with E-state index in [-0.39, 0.29) is 0 Å². The lowest BCUT2D eigenvalue weighted by Crippen LogP contribution is -1.84. The highest BCUT2D eigenvalue weighted by molar-refractivity contribution is 7.99. The molecule has 0 radical (unpaired) electrons. The highest BCUT2D eigenvalue weighted by atomic mass is 32.2. The molecule has 23 heavy (non-hydrogen) atoms. The van der Waals surface area contributed by atoms with Gasteiger partial charge in [0.1, 0.15) is 5.01 Å². The van der Waals surface area contributed by atoms with Gasteiger partial charge in [-0.05, 0) is 24.3 Å². The molecule has 1 nitrogen and oxygen atoms in total. The number of unbranched alkanes of at least 4 members (excludes halogenated alkanes) is 8. The second kappa shape index (κ2) is 11.7. The van der Waals surface area contributed by atoms with Crippen LogP contribution in [0.5, 0.6) is 0 Å². The molecule has 0 aliphatic heterocycles. The van der Waals surface area contributed by atoms with Crippen molar-refractivity contribution in [3.05, 3.63) is 35.8 Å². The fourth-order valence-electron chi connectivity index (χ4n) is 2.66. The van der Waals surface area contributed by atoms with Crippen LogP contribution < -0.4 is 0 Å². The molecule has 1 heterocycles. The zero-order valence-electron chi connectivity index (χ0n) is 14.3. The Balaban J connectivity index is 1.51. The summed E-state index contributed by atoms with van der Waals surface area (Å²) in [6, 6.07) is 8.85. The molecule has 0 bridgehead atoms. The number of nitrogens with zero attached hydrogens (tertiary/aromatic N) is 1. The third-order valence-corrected chi connectivity index (χ3v) is 5.97. The van der Waals surface area contributed by atoms with Gasteiger partial charge < -0.3 is 0 Å². The maximum absolute atomic E-state index is 4.36. The molecule has 1 aromatic carbocycles. The Kier molecular flexibility index (Phi) is 9.42. The van der Waals surface area contributed by atoms with Crippen LogP contribution in [0.2, 0.25) is 0 Å². The van der Waals surface area contributed by atoms with Gasteiger partial charge in [-0.3, -0.25) is 0 Å². The molecular weight excluding hydrogens is 318 g/mol. The van der Waals surface area contributed by atoms with Crippen LogP contribution in [0.15, 0.2) is 40.7 Å². The quantitative estimate of drug-likeness (QED) is 0.292. The Morgan fingerprint density at radius 3 is 2.13 bits per heavy atom. The van der Waals surface area contributed by atoms with Crippen LogP contribution in [0.3, 0.4) is 0 Å². The third kappa shape index (κ3) is 7.54. The number of thiazole rings is 1. The van der Waals surface area contributed by atoms with Gasteiger partial charge in [-0.2, -0.15) is 0 Å². The average Bonchev–Trinajstić information content (AvgIpc) is 3.12. The largest absolute Gasteiger partial charge is 0.245 e. The summed E-state index contributed by atoms with van der Waals surface area (Å²) in [6.45, 7) is 2.28. The molecule has 0 saturated heterocycles. The Morgan fingerprint density at radius 1 is 0.870 bits per heavy atom. The molecule has 1 aromatic heterocycles. The smallest absolute Gasteiger partial charge is 0.123 e. The van der Waals surface area contributed by atoms with Crippen LogP contribution in [0.1, 0.15) is 64.7 Å². The van der Waals surface area contributed by atoms with Gasteiger partial charge in [0, 0.05) is 22.0 Å². The monoisotopic (exact) mass is 347 g/mol. The summed E-state index contributed by atoms with van der Waals surface area (Å²) in [5, 5.41) is 3.14. The van der Waals surface area contributed by atoms with E-state index in [1.54, 1.807) is 11.3 Å². The predicted molar refractivity (Wildman–Crippen MR) is 106 cm³/mol. The van der Waals surface area contributed by atoms with Gasteiger partial charge in [-0.1, -0.05) is 70.4 Å². The summed E-state index contributed by atoms with van der Waals surface area (Å²) in [5.41, 5.74) is 1.23. The highest BCUT2D eigenvalue weighted by Crippen LogP contribution is 2.26. The van der Waals surface area contributed by atoms with Crippen LogP contribution in [0.4, 0.5) is 0 Å². The first-order valence-electron chi connectivity index (χ1n) is 9.03. The van der Waals surface area contributed by atoms with Gasteiger partial charge in [-0.15, -0.1) is 23.1 Å². The van der Waals surface area contributed by atoms with E-state index >= 15 is 0 Å². The molecular formula is C20H29NS2. The topological polar surface area (TPSA) is 12.9 Å². The fraction of sp³-hybridized carbons (Fsp3) is 0.550. The van der Waals surface area contributed by atoms with E-state index in [1.807, 2.05) is 23.3 Å². The fourth-order valence-corrected chi connectivity index (χ4v) is 4.22. The summed E-state index contributed by atoms with van der Waals surface area (Å²) in [7, 11) is 0. The SMILES string of the molecule is CCCCCCCCCCCSc1ccc(-c2nccs2)cc1. The van der Waals surface area contributed by atoms with Gasteiger partial charge in [-0.25, -0.2) is 4.98 Å². The minimum atomic E-state index is 1.11. The molecule has 0 aliphatic carbocycles. The minimum Gasteiger partial charge on any atom is -0.245 e. The maximum Gasteiger partial charge on any atom is 0.123 e. The van der Waals surface area contributed by atoms with Crippen molar-refractivity contribution in [3.63, 3.8) is 0 Å². The van der Waals surface area contributed by atoms with E-state index < -0.39 is 0 Å². The molecule has 0 aliphatic rings. The predicted octanol–water partition coefficient (Wildman–Crippen LogP) is 7.43. The molecule has 0 amide bonds. The summed E-state index contributed by atoms with van der Waals surface area (Å²) in [5.74, 6) is 1.24. The number of hydrogen-bond donors (Lipinski definition) is 0. The highest BCUT2D eigenvalue weighted by Gasteiger charge is 2.00. The van der Waals surface area contributed by atoms with Crippen molar-refractivity contribution in [1.29, 1.82) is 0 Å². The second-order valence-corrected chi connectivity index (χ2v) is 8.10. The van der Waals surface area contributed by atoms with E-state index in [0.717, 1.165) is 5.01 Å². The molecule has 0 fully saturated rings. The van der Waals surface area contributed by atoms with E-state index in [9.17, 15) is 0 Å². The standard InChI is InChI=1S/C20H29NS2/c1-2-3-4-5-6-7-8-9-10-16-22-19-13-11-18(12-14-19)20-21-15-17-23-20/h11-15,17H,2-10,16H2,1H3. The Bertz CT molecular complexity index is 505. The van der Waals surface area contributed by atoms with Crippen LogP contribution in [0.25, 0.3) is 10.6 Å². The lowest BCUT2D eigenvalue weighted by Gasteiger charge is -2.04. The normalized spacial score (nSPS) is 11.0. The second-order valence-electron chi connectivity index (χ2n) is 6.04. The van der Waals surface area contributed by atoms with Crippen molar-refractivity contribution in [2.75, 3.05) is 5.75 Å². The third-order valence-electron chi connectivity index (χ3n) is 4.05. The molecule has 0 saturated carbocycles. The van der Waals surface area contributed by atoms with Crippen LogP contribution in [-0.4, -0.2) is 10.7 Å². The van der Waals surface area contributed by atoms with Crippen molar-refractivity contribution >= 4 is 23.1 Å². The average molecular weight is 348 g/mol. The van der Waals surface area contributed by atoms with Crippen LogP contribution >= 0.6 is 23.1 Å². The van der Waals surface area contributed by atoms with Crippen molar-refractivity contribution < 1.29 is 0 Å². The van der Waals surface area contributed by atoms with E-state index in [4.69, 9.17) is 0 Å². The van der Waals surface area contributed by atoms with Gasteiger partial charge in [0.15, 0.2) is 0 Å². The molecule has 3 heteroatoms. The number of thioether (sulfide) groups is 1. The molecule has 2 aromatic rings. The number of rotatable bonds is 12. The van der Waals surface area contributed by atoms with Crippen molar-refractivity contribution in [1.82, 2.24) is 4.98 Å². The van der Waals surface area contributed by atoms with Gasteiger partial charge in [0.2, 0.25) is 0 Å². The molecule has 0 spiro atoms. The number of hydrogen-bond acceptors (Lipinski definition) is 3. The zero-order chi connectivity index (χ0) is 16.2. The minimum absolute atomic E-state index is 1.11. The summed E-state index contributed by atoms with van der Waals surface area (Å²) in [4.78, 5) is 5.73. The van der Waals surface area contributed by atoms with Gasteiger partial charge >= 0.3 is 0 Å². The van der Waals surface area contributed by atoms with E-state index in [0.29, 0.717) is 0 Å². The van der Waals surface area contributed by atoms with Crippen molar-refractivity contribution in [3.8, 4) is 10.6 Å². The maximum atomic E-state index is 4.36. The first-order valence-corrected chi connectivity index (χ1v) is 10.9. The lowest BCUT2D eigenvalue weighted by molar-refractivity contribution is 0.573. The number of benzene rings is 1. The van der Waals surface area contributed by atoms with Gasteiger partial charge in [0.25, 0.3) is 0 Å². The number of aromatic nitrogens is 1. The first kappa shape index (κ1) is 18.5. The van der Waals surface area contributed by atoms with Crippen LogP contribution in [0, 0.1) is 0 Å². The lowest BCUT2D eigenvalue weighted by atomic mass is 10.1. The molecule has 2 rings (SSSR count). The van der Waals surface area contributed by atoms with Crippen LogP contribution in [-0.2, 0) is 0 Å². The zero-order valence-corrected chi connectivity index (χ0v) is 15.9. The van der Waals surface area contributed by atoms with E-state index in [1.165, 1.54) is 74.0 Å². The van der Waals surface area contributed by atoms with Gasteiger partial charge in [0.05, 0.1) is 0 Å². The van der Waals surface area contributed by atoms with E-state index in [2.05, 4.69) is 36.2 Å². The molecule has 126 valence electrons. The Labute approximate surface area is 149 Å². The molecule has 0 atom stereocenters. The van der Waals surface area contributed by atoms with Crippen molar-refractivity contribution in [2.45, 2.75) is 69.6 Å². The summed E-state index contributed by atoms with van der Waals surface area (Å²) < 4.78 is 0. The Hall–Kier alpha value is -0.800. The molecule has 0 unspecified atom stereocenters. The van der Waals surface area contributed by atoms with Crippen molar-refractivity contribution in [2.24, 2.45) is 0 Å². The summed E-state index contributed by atoms with van der Waals surface area (Å²) >= 11 is 3.68. The first-order chi connectivity index (χ1) is 11.4.